The van der Waals surface area contributed by atoms with Crippen LogP contribution in [-0.4, -0.2) is 25.8 Å². The van der Waals surface area contributed by atoms with Crippen molar-refractivity contribution in [2.45, 2.75) is 24.4 Å². The molecule has 0 heterocycles. The molecule has 0 radical (unpaired) electrons. The summed E-state index contributed by atoms with van der Waals surface area (Å²) >= 11 is 5.17. The van der Waals surface area contributed by atoms with E-state index in [1.807, 2.05) is 38.2 Å². The van der Waals surface area contributed by atoms with E-state index >= 15 is 0 Å². The monoisotopic (exact) mass is 407 g/mol. The second-order valence-corrected chi connectivity index (χ2v) is 7.79. The van der Waals surface area contributed by atoms with Crippen LogP contribution in [0.1, 0.15) is 24.1 Å². The van der Waals surface area contributed by atoms with Crippen LogP contribution < -0.4 is 10.2 Å². The zero-order valence-electron chi connectivity index (χ0n) is 14.3. The van der Waals surface area contributed by atoms with E-state index in [-0.39, 0.29) is 11.9 Å². The highest BCUT2D eigenvalue weighted by Gasteiger charge is 2.14. The molecule has 128 valence electrons. The quantitative estimate of drug-likeness (QED) is 0.691. The van der Waals surface area contributed by atoms with Crippen molar-refractivity contribution in [2.24, 2.45) is 0 Å². The number of hydrogen-bond acceptors (Lipinski definition) is 2. The predicted octanol–water partition coefficient (Wildman–Crippen LogP) is 3.06. The summed E-state index contributed by atoms with van der Waals surface area (Å²) in [5, 5.41) is 3.07. The molecule has 24 heavy (non-hydrogen) atoms. The van der Waals surface area contributed by atoms with Crippen LogP contribution in [0.5, 0.6) is 0 Å². The fraction of sp³-hybridized carbons (Fsp3) is 0.316. The van der Waals surface area contributed by atoms with Crippen LogP contribution in [0.15, 0.2) is 57.9 Å². The molecule has 2 aromatic rings. The first-order valence-corrected chi connectivity index (χ1v) is 9.98. The molecule has 0 saturated heterocycles. The van der Waals surface area contributed by atoms with Crippen LogP contribution in [0.4, 0.5) is 0 Å². The Hall–Kier alpha value is -1.30. The number of thioether (sulfide) groups is 1. The van der Waals surface area contributed by atoms with Crippen molar-refractivity contribution in [1.82, 2.24) is 5.32 Å². The predicted molar refractivity (Wildman–Crippen MR) is 104 cm³/mol. The van der Waals surface area contributed by atoms with Gasteiger partial charge in [0.15, 0.2) is 6.54 Å². The molecule has 1 amide bonds. The normalized spacial score (nSPS) is 13.3. The smallest absolute Gasteiger partial charge is 0.275 e. The van der Waals surface area contributed by atoms with Crippen LogP contribution >= 0.6 is 27.7 Å². The Labute approximate surface area is 157 Å². The fourth-order valence-electron chi connectivity index (χ4n) is 2.56. The number of likely N-dealkylation sites (N-methyl/N-ethyl adjacent to an activating group) is 1. The number of benzene rings is 2. The van der Waals surface area contributed by atoms with Crippen molar-refractivity contribution in [1.29, 1.82) is 0 Å². The molecule has 5 heteroatoms. The highest BCUT2D eigenvalue weighted by molar-refractivity contribution is 9.10. The maximum absolute atomic E-state index is 12.3. The summed E-state index contributed by atoms with van der Waals surface area (Å²) in [4.78, 5) is 14.7. The van der Waals surface area contributed by atoms with Gasteiger partial charge in [0.05, 0.1) is 13.1 Å². The molecule has 0 aliphatic rings. The first-order valence-electron chi connectivity index (χ1n) is 7.97. The van der Waals surface area contributed by atoms with Crippen LogP contribution in [0.2, 0.25) is 0 Å². The number of carbonyl (C=O) groups is 1. The number of hydrogen-bond donors (Lipinski definition) is 2. The minimum absolute atomic E-state index is 0.0132. The molecule has 2 N–H and O–H groups in total. The molecule has 0 saturated carbocycles. The van der Waals surface area contributed by atoms with Crippen molar-refractivity contribution in [3.63, 3.8) is 0 Å². The Kier molecular flexibility index (Phi) is 7.34. The van der Waals surface area contributed by atoms with Gasteiger partial charge in [-0.05, 0) is 43.0 Å². The Bertz CT molecular complexity index is 658. The van der Waals surface area contributed by atoms with Gasteiger partial charge in [-0.15, -0.1) is 11.8 Å². The zero-order chi connectivity index (χ0) is 17.5. The number of rotatable bonds is 7. The fourth-order valence-corrected chi connectivity index (χ4v) is 3.23. The zero-order valence-corrected chi connectivity index (χ0v) is 16.7. The summed E-state index contributed by atoms with van der Waals surface area (Å²) in [5.41, 5.74) is 2.36. The van der Waals surface area contributed by atoms with Gasteiger partial charge < -0.3 is 10.2 Å². The maximum atomic E-state index is 12.3. The van der Waals surface area contributed by atoms with Gasteiger partial charge in [0.1, 0.15) is 6.54 Å². The van der Waals surface area contributed by atoms with Crippen LogP contribution in [0.25, 0.3) is 0 Å². The van der Waals surface area contributed by atoms with Crippen LogP contribution in [-0.2, 0) is 11.3 Å². The molecule has 2 rings (SSSR count). The molecule has 2 aromatic carbocycles. The second kappa shape index (κ2) is 9.25. The maximum Gasteiger partial charge on any atom is 0.275 e. The number of halogens is 1. The molecule has 1 unspecified atom stereocenters. The van der Waals surface area contributed by atoms with Crippen molar-refractivity contribution in [3.8, 4) is 0 Å². The number of quaternary nitrogens is 1. The Morgan fingerprint density at radius 2 is 1.79 bits per heavy atom. The minimum atomic E-state index is 0.0132. The van der Waals surface area contributed by atoms with Gasteiger partial charge in [-0.25, -0.2) is 0 Å². The third-order valence-electron chi connectivity index (χ3n) is 3.87. The largest absolute Gasteiger partial charge is 0.345 e. The van der Waals surface area contributed by atoms with Crippen molar-refractivity contribution < 1.29 is 9.69 Å². The molecule has 0 aliphatic heterocycles. The summed E-state index contributed by atoms with van der Waals surface area (Å²) < 4.78 is 1.04. The van der Waals surface area contributed by atoms with Gasteiger partial charge in [-0.2, -0.15) is 0 Å². The summed E-state index contributed by atoms with van der Waals surface area (Å²) in [6.45, 7) is 3.32. The third kappa shape index (κ3) is 5.96. The summed E-state index contributed by atoms with van der Waals surface area (Å²) in [7, 11) is 2.05. The van der Waals surface area contributed by atoms with E-state index < -0.39 is 0 Å². The lowest BCUT2D eigenvalue weighted by Crippen LogP contribution is -3.08. The van der Waals surface area contributed by atoms with E-state index in [1.54, 1.807) is 11.8 Å². The average molecular weight is 408 g/mol. The van der Waals surface area contributed by atoms with Crippen LogP contribution in [0, 0.1) is 0 Å². The SMILES string of the molecule is CSc1ccc(C[NH+](C)CC(=O)N[C@@H](C)c2ccc(Br)cc2)cc1. The highest BCUT2D eigenvalue weighted by Crippen LogP contribution is 2.16. The Morgan fingerprint density at radius 1 is 1.17 bits per heavy atom. The molecule has 2 atom stereocenters. The topological polar surface area (TPSA) is 33.5 Å². The Balaban J connectivity index is 1.83. The molecule has 0 aliphatic carbocycles. The average Bonchev–Trinajstić information content (AvgIpc) is 2.55. The summed E-state index contributed by atoms with van der Waals surface area (Å²) in [5.74, 6) is 0.0728. The minimum Gasteiger partial charge on any atom is -0.345 e. The molecule has 3 nitrogen and oxygen atoms in total. The Morgan fingerprint density at radius 3 is 2.38 bits per heavy atom. The lowest BCUT2D eigenvalue weighted by Gasteiger charge is -2.17. The number of carbonyl (C=O) groups excluding carboxylic acids is 1. The van der Waals surface area contributed by atoms with Gasteiger partial charge in [0, 0.05) is 14.9 Å². The van der Waals surface area contributed by atoms with Gasteiger partial charge in [0.25, 0.3) is 5.91 Å². The first-order chi connectivity index (χ1) is 11.5. The molecule has 0 bridgehead atoms. The molecule has 0 fully saturated rings. The molecular weight excluding hydrogens is 384 g/mol. The number of nitrogens with one attached hydrogen (secondary N) is 2. The lowest BCUT2D eigenvalue weighted by molar-refractivity contribution is -0.885. The van der Waals surface area contributed by atoms with Crippen LogP contribution in [0.3, 0.4) is 0 Å². The van der Waals surface area contributed by atoms with Gasteiger partial charge >= 0.3 is 0 Å². The van der Waals surface area contributed by atoms with Gasteiger partial charge in [0.2, 0.25) is 0 Å². The highest BCUT2D eigenvalue weighted by atomic mass is 79.9. The standard InChI is InChI=1S/C19H23BrN2OS/c1-14(16-6-8-17(20)9-7-16)21-19(23)13-22(2)12-15-4-10-18(24-3)11-5-15/h4-11,14H,12-13H2,1-3H3,(H,21,23)/p+1/t14-/m0/s1. The molecular formula is C19H24BrN2OS+. The van der Waals surface area contributed by atoms with E-state index in [0.717, 1.165) is 16.6 Å². The van der Waals surface area contributed by atoms with E-state index in [2.05, 4.69) is 51.8 Å². The van der Waals surface area contributed by atoms with E-state index in [1.165, 1.54) is 15.4 Å². The first kappa shape index (κ1) is 19.0. The van der Waals surface area contributed by atoms with Gasteiger partial charge in [-0.3, -0.25) is 4.79 Å². The van der Waals surface area contributed by atoms with Crippen molar-refractivity contribution in [2.75, 3.05) is 19.8 Å². The van der Waals surface area contributed by atoms with E-state index in [0.29, 0.717) is 6.54 Å². The summed E-state index contributed by atoms with van der Waals surface area (Å²) in [6.07, 6.45) is 2.07. The molecule has 0 aromatic heterocycles. The number of amides is 1. The lowest BCUT2D eigenvalue weighted by atomic mass is 10.1. The van der Waals surface area contributed by atoms with E-state index in [4.69, 9.17) is 0 Å². The van der Waals surface area contributed by atoms with Gasteiger partial charge in [-0.1, -0.05) is 40.2 Å². The molecule has 0 spiro atoms. The third-order valence-corrected chi connectivity index (χ3v) is 5.15. The summed E-state index contributed by atoms with van der Waals surface area (Å²) in [6, 6.07) is 16.6. The second-order valence-electron chi connectivity index (χ2n) is 6.00. The van der Waals surface area contributed by atoms with E-state index in [9.17, 15) is 4.79 Å². The van der Waals surface area contributed by atoms with Crippen molar-refractivity contribution in [3.05, 3.63) is 64.1 Å². The van der Waals surface area contributed by atoms with Crippen molar-refractivity contribution >= 4 is 33.6 Å².